The van der Waals surface area contributed by atoms with E-state index in [1.807, 2.05) is 17.0 Å². The number of likely N-dealkylation sites (N-methyl/N-ethyl adjacent to an activating group) is 1. The van der Waals surface area contributed by atoms with E-state index >= 15 is 0 Å². The molecule has 1 aliphatic heterocycles. The van der Waals surface area contributed by atoms with E-state index in [1.165, 1.54) is 12.1 Å². The molecular formula is C30H36ClFN6O2. The highest BCUT2D eigenvalue weighted by Gasteiger charge is 2.26. The maximum Gasteiger partial charge on any atom is 0.255 e. The molecule has 0 aliphatic carbocycles. The topological polar surface area (TPSA) is 72.9 Å². The smallest absolute Gasteiger partial charge is 0.255 e. The number of nitrogens with zero attached hydrogens (tertiary/aromatic N) is 6. The standard InChI is InChI=1S/C30H36ClFN6O2/c1-3-35(4-2)18-19-38(30(40)25-8-5-6-9-26(25)31)22-29(39)37-17-7-16-36(20-21-37)28-15-14-27(33-34-28)23-10-12-24(32)13-11-23/h5-6,8-15H,3-4,7,16-22H2,1-2H3. The van der Waals surface area contributed by atoms with Crippen LogP contribution in [0.5, 0.6) is 0 Å². The van der Waals surface area contributed by atoms with Gasteiger partial charge in [-0.2, -0.15) is 0 Å². The van der Waals surface area contributed by atoms with E-state index in [-0.39, 0.29) is 24.2 Å². The summed E-state index contributed by atoms with van der Waals surface area (Å²) in [5.41, 5.74) is 1.87. The van der Waals surface area contributed by atoms with Gasteiger partial charge >= 0.3 is 0 Å². The summed E-state index contributed by atoms with van der Waals surface area (Å²) < 4.78 is 13.2. The van der Waals surface area contributed by atoms with Gasteiger partial charge in [-0.15, -0.1) is 10.2 Å². The quantitative estimate of drug-likeness (QED) is 0.361. The van der Waals surface area contributed by atoms with Crippen LogP contribution in [0.15, 0.2) is 60.7 Å². The number of carbonyl (C=O) groups is 2. The first-order chi connectivity index (χ1) is 19.4. The molecular weight excluding hydrogens is 531 g/mol. The van der Waals surface area contributed by atoms with Crippen LogP contribution in [0, 0.1) is 5.82 Å². The Morgan fingerprint density at radius 3 is 2.33 bits per heavy atom. The maximum atomic E-state index is 13.4. The number of benzene rings is 2. The van der Waals surface area contributed by atoms with Crippen molar-refractivity contribution in [1.29, 1.82) is 0 Å². The third kappa shape index (κ3) is 7.55. The molecule has 0 atom stereocenters. The van der Waals surface area contributed by atoms with E-state index in [9.17, 15) is 14.0 Å². The Morgan fingerprint density at radius 1 is 0.900 bits per heavy atom. The van der Waals surface area contributed by atoms with Crippen LogP contribution in [0.1, 0.15) is 30.6 Å². The van der Waals surface area contributed by atoms with Crippen molar-refractivity contribution in [2.45, 2.75) is 20.3 Å². The van der Waals surface area contributed by atoms with Crippen molar-refractivity contribution in [3.63, 3.8) is 0 Å². The number of aromatic nitrogens is 2. The zero-order valence-corrected chi connectivity index (χ0v) is 23.9. The Balaban J connectivity index is 1.40. The van der Waals surface area contributed by atoms with Crippen molar-refractivity contribution in [1.82, 2.24) is 24.9 Å². The molecule has 40 heavy (non-hydrogen) atoms. The summed E-state index contributed by atoms with van der Waals surface area (Å²) in [5, 5.41) is 9.10. The van der Waals surface area contributed by atoms with Crippen molar-refractivity contribution in [3.05, 3.63) is 77.1 Å². The van der Waals surface area contributed by atoms with E-state index in [0.29, 0.717) is 49.0 Å². The van der Waals surface area contributed by atoms with Gasteiger partial charge in [0, 0.05) is 44.8 Å². The third-order valence-corrected chi connectivity index (χ3v) is 7.59. The van der Waals surface area contributed by atoms with Gasteiger partial charge in [0.2, 0.25) is 5.91 Å². The molecule has 10 heteroatoms. The van der Waals surface area contributed by atoms with Crippen LogP contribution < -0.4 is 4.90 Å². The summed E-state index contributed by atoms with van der Waals surface area (Å²) in [6.07, 6.45) is 0.769. The van der Waals surface area contributed by atoms with Gasteiger partial charge in [0.05, 0.1) is 16.3 Å². The van der Waals surface area contributed by atoms with Crippen LogP contribution in [0.3, 0.4) is 0 Å². The number of halogens is 2. The molecule has 2 aromatic carbocycles. The van der Waals surface area contributed by atoms with Crippen LogP contribution >= 0.6 is 11.6 Å². The molecule has 2 amide bonds. The second-order valence-corrected chi connectivity index (χ2v) is 10.1. The highest BCUT2D eigenvalue weighted by molar-refractivity contribution is 6.33. The normalized spacial score (nSPS) is 13.8. The molecule has 212 valence electrons. The van der Waals surface area contributed by atoms with Crippen LogP contribution in [0.4, 0.5) is 10.2 Å². The van der Waals surface area contributed by atoms with Crippen molar-refractivity contribution in [3.8, 4) is 11.3 Å². The maximum absolute atomic E-state index is 13.4. The summed E-state index contributed by atoms with van der Waals surface area (Å²) in [7, 11) is 0. The molecule has 3 aromatic rings. The minimum Gasteiger partial charge on any atom is -0.353 e. The van der Waals surface area contributed by atoms with Crippen molar-refractivity contribution in [2.24, 2.45) is 0 Å². The number of amides is 2. The number of anilines is 1. The summed E-state index contributed by atoms with van der Waals surface area (Å²) in [6.45, 7) is 9.47. The van der Waals surface area contributed by atoms with Gasteiger partial charge in [-0.1, -0.05) is 37.6 Å². The molecule has 0 radical (unpaired) electrons. The van der Waals surface area contributed by atoms with Crippen molar-refractivity contribution < 1.29 is 14.0 Å². The molecule has 0 unspecified atom stereocenters. The number of rotatable bonds is 10. The van der Waals surface area contributed by atoms with Gasteiger partial charge in [0.25, 0.3) is 5.91 Å². The number of hydrogen-bond acceptors (Lipinski definition) is 6. The molecule has 0 saturated carbocycles. The Bertz CT molecular complexity index is 1270. The second-order valence-electron chi connectivity index (χ2n) is 9.74. The van der Waals surface area contributed by atoms with Crippen molar-refractivity contribution in [2.75, 3.05) is 63.8 Å². The third-order valence-electron chi connectivity index (χ3n) is 7.26. The fourth-order valence-electron chi connectivity index (χ4n) is 4.79. The zero-order chi connectivity index (χ0) is 28.5. The monoisotopic (exact) mass is 566 g/mol. The fourth-order valence-corrected chi connectivity index (χ4v) is 5.00. The lowest BCUT2D eigenvalue weighted by atomic mass is 10.1. The minimum absolute atomic E-state index is 0.00248. The fraction of sp³-hybridized carbons (Fsp3) is 0.400. The molecule has 0 spiro atoms. The van der Waals surface area contributed by atoms with E-state index < -0.39 is 0 Å². The lowest BCUT2D eigenvalue weighted by Crippen LogP contribution is -2.46. The Labute approximate surface area is 240 Å². The molecule has 8 nitrogen and oxygen atoms in total. The average molecular weight is 567 g/mol. The Kier molecular flexibility index (Phi) is 10.4. The largest absolute Gasteiger partial charge is 0.353 e. The lowest BCUT2D eigenvalue weighted by Gasteiger charge is -2.29. The predicted molar refractivity (Wildman–Crippen MR) is 156 cm³/mol. The Morgan fingerprint density at radius 2 is 1.65 bits per heavy atom. The molecule has 0 bridgehead atoms. The molecule has 4 rings (SSSR count). The van der Waals surface area contributed by atoms with Gasteiger partial charge in [-0.3, -0.25) is 9.59 Å². The van der Waals surface area contributed by atoms with Gasteiger partial charge in [-0.05, 0) is 68.0 Å². The minimum atomic E-state index is -0.294. The van der Waals surface area contributed by atoms with Crippen LogP contribution in [-0.2, 0) is 4.79 Å². The first-order valence-corrected chi connectivity index (χ1v) is 14.2. The summed E-state index contributed by atoms with van der Waals surface area (Å²) in [5.74, 6) is 0.116. The van der Waals surface area contributed by atoms with E-state index in [4.69, 9.17) is 11.6 Å². The molecule has 2 heterocycles. The van der Waals surface area contributed by atoms with E-state index in [1.54, 1.807) is 41.3 Å². The highest BCUT2D eigenvalue weighted by atomic mass is 35.5. The summed E-state index contributed by atoms with van der Waals surface area (Å²) >= 11 is 6.33. The predicted octanol–water partition coefficient (Wildman–Crippen LogP) is 4.46. The first-order valence-electron chi connectivity index (χ1n) is 13.8. The Hall–Kier alpha value is -3.56. The molecule has 1 aromatic heterocycles. The van der Waals surface area contributed by atoms with Crippen molar-refractivity contribution >= 4 is 29.2 Å². The number of carbonyl (C=O) groups excluding carboxylic acids is 2. The summed E-state index contributed by atoms with van der Waals surface area (Å²) in [6, 6.07) is 16.9. The molecule has 1 saturated heterocycles. The van der Waals surface area contributed by atoms with Crippen LogP contribution in [-0.4, -0.2) is 95.6 Å². The summed E-state index contributed by atoms with van der Waals surface area (Å²) in [4.78, 5) is 34.7. The zero-order valence-electron chi connectivity index (χ0n) is 23.1. The van der Waals surface area contributed by atoms with Crippen LogP contribution in [0.25, 0.3) is 11.3 Å². The van der Waals surface area contributed by atoms with Crippen LogP contribution in [0.2, 0.25) is 5.02 Å². The average Bonchev–Trinajstić information content (AvgIpc) is 3.24. The second kappa shape index (κ2) is 14.2. The van der Waals surface area contributed by atoms with Gasteiger partial charge in [0.15, 0.2) is 5.82 Å². The molecule has 1 aliphatic rings. The SMILES string of the molecule is CCN(CC)CCN(CC(=O)N1CCCN(c2ccc(-c3ccc(F)cc3)nn2)CC1)C(=O)c1ccccc1Cl. The van der Waals surface area contributed by atoms with Gasteiger partial charge < -0.3 is 19.6 Å². The number of hydrogen-bond donors (Lipinski definition) is 0. The lowest BCUT2D eigenvalue weighted by molar-refractivity contribution is -0.131. The van der Waals surface area contributed by atoms with Gasteiger partial charge in [0.1, 0.15) is 12.4 Å². The van der Waals surface area contributed by atoms with E-state index in [0.717, 1.165) is 37.4 Å². The van der Waals surface area contributed by atoms with Gasteiger partial charge in [-0.25, -0.2) is 4.39 Å². The highest BCUT2D eigenvalue weighted by Crippen LogP contribution is 2.21. The first kappa shape index (κ1) is 29.4. The molecule has 0 N–H and O–H groups in total. The van der Waals surface area contributed by atoms with E-state index in [2.05, 4.69) is 33.8 Å². The molecule has 1 fully saturated rings.